The first-order valence-electron chi connectivity index (χ1n) is 15.8. The van der Waals surface area contributed by atoms with E-state index in [-0.39, 0.29) is 25.4 Å². The third kappa shape index (κ3) is 5.04. The number of rotatable bonds is 6. The van der Waals surface area contributed by atoms with Gasteiger partial charge < -0.3 is 28.5 Å². The number of fused-ring (bicyclic) bond motifs is 5. The van der Waals surface area contributed by atoms with Gasteiger partial charge in [0.15, 0.2) is 0 Å². The summed E-state index contributed by atoms with van der Waals surface area (Å²) in [6.45, 7) is 13.7. The number of aliphatic hydroxyl groups excluding tert-OH is 1. The van der Waals surface area contributed by atoms with Crippen LogP contribution in [-0.4, -0.2) is 59.5 Å². The maximum atomic E-state index is 13.4. The summed E-state index contributed by atoms with van der Waals surface area (Å²) in [6, 6.07) is 1.92. The number of ether oxygens (including phenoxy) is 4. The molecule has 1 aliphatic heterocycles. The zero-order valence-corrected chi connectivity index (χ0v) is 27.5. The van der Waals surface area contributed by atoms with E-state index in [1.807, 2.05) is 19.9 Å². The van der Waals surface area contributed by atoms with Gasteiger partial charge >= 0.3 is 23.9 Å². The van der Waals surface area contributed by atoms with E-state index in [0.717, 1.165) is 11.1 Å². The SMILES string of the molecule is C/C=C(\C)C(=O)OC[C@@]1(C)OC(=O)C[C@H](OC(C)=O)[C@]2(C)C3C[C@H](OC(C)=O)[C@]4(C)C(=CC[C@H]4c4ccoc4)[C@]3(C)[C@H](O)C[C@H]21. The zero-order valence-electron chi connectivity index (χ0n) is 27.5. The van der Waals surface area contributed by atoms with Crippen molar-refractivity contribution in [2.75, 3.05) is 6.61 Å². The number of allylic oxidation sites excluding steroid dienone is 2. The molecule has 10 atom stereocenters. The number of hydrogen-bond acceptors (Lipinski definition) is 10. The van der Waals surface area contributed by atoms with Crippen molar-refractivity contribution in [2.45, 2.75) is 111 Å². The first kappa shape index (κ1) is 33.0. The van der Waals surface area contributed by atoms with E-state index in [0.29, 0.717) is 18.4 Å². The molecule has 1 saturated heterocycles. The van der Waals surface area contributed by atoms with Gasteiger partial charge in [0.2, 0.25) is 0 Å². The molecule has 10 heteroatoms. The van der Waals surface area contributed by atoms with Crippen molar-refractivity contribution < 1.29 is 47.6 Å². The quantitative estimate of drug-likeness (QED) is 0.194. The Bertz CT molecular complexity index is 1430. The van der Waals surface area contributed by atoms with E-state index >= 15 is 0 Å². The predicted molar refractivity (Wildman–Crippen MR) is 161 cm³/mol. The molecule has 1 unspecified atom stereocenters. The Balaban J connectivity index is 1.67. The zero-order chi connectivity index (χ0) is 33.1. The fourth-order valence-electron chi connectivity index (χ4n) is 9.62. The second-order valence-corrected chi connectivity index (χ2v) is 14.2. The topological polar surface area (TPSA) is 139 Å². The lowest BCUT2D eigenvalue weighted by Gasteiger charge is -2.67. The molecule has 3 aliphatic carbocycles. The van der Waals surface area contributed by atoms with Crippen LogP contribution in [0.15, 0.2) is 46.3 Å². The number of cyclic esters (lactones) is 1. The van der Waals surface area contributed by atoms with Gasteiger partial charge in [-0.15, -0.1) is 0 Å². The van der Waals surface area contributed by atoms with Crippen LogP contribution in [0.2, 0.25) is 0 Å². The van der Waals surface area contributed by atoms with Crippen molar-refractivity contribution in [1.29, 1.82) is 0 Å². The van der Waals surface area contributed by atoms with Crippen molar-refractivity contribution in [3.05, 3.63) is 47.5 Å². The number of aliphatic hydroxyl groups is 1. The molecular weight excluding hydrogens is 580 g/mol. The van der Waals surface area contributed by atoms with E-state index in [1.165, 1.54) is 13.8 Å². The lowest BCUT2D eigenvalue weighted by molar-refractivity contribution is -0.240. The molecule has 5 rings (SSSR count). The largest absolute Gasteiger partial charge is 0.472 e. The molecule has 0 radical (unpaired) electrons. The van der Waals surface area contributed by atoms with Crippen LogP contribution in [0.25, 0.3) is 0 Å². The Hall–Kier alpha value is -3.40. The molecule has 3 fully saturated rings. The van der Waals surface area contributed by atoms with Crippen molar-refractivity contribution >= 4 is 23.9 Å². The maximum absolute atomic E-state index is 13.4. The van der Waals surface area contributed by atoms with E-state index in [2.05, 4.69) is 13.0 Å². The van der Waals surface area contributed by atoms with E-state index in [4.69, 9.17) is 23.4 Å². The molecule has 4 aliphatic rings. The third-order valence-corrected chi connectivity index (χ3v) is 11.9. The molecule has 0 spiro atoms. The Morgan fingerprint density at radius 2 is 1.67 bits per heavy atom. The number of carbonyl (C=O) groups excluding carboxylic acids is 4. The van der Waals surface area contributed by atoms with E-state index in [1.54, 1.807) is 39.4 Å². The molecule has 0 amide bonds. The van der Waals surface area contributed by atoms with E-state index < -0.39 is 75.9 Å². The monoisotopic (exact) mass is 626 g/mol. The summed E-state index contributed by atoms with van der Waals surface area (Å²) in [5.74, 6) is -3.19. The number of esters is 4. The first-order chi connectivity index (χ1) is 21.0. The van der Waals surface area contributed by atoms with Gasteiger partial charge in [-0.2, -0.15) is 0 Å². The van der Waals surface area contributed by atoms with Gasteiger partial charge in [-0.05, 0) is 57.6 Å². The van der Waals surface area contributed by atoms with Crippen LogP contribution < -0.4 is 0 Å². The molecule has 246 valence electrons. The summed E-state index contributed by atoms with van der Waals surface area (Å²) in [7, 11) is 0. The second kappa shape index (κ2) is 11.4. The molecule has 1 aromatic heterocycles. The Morgan fingerprint density at radius 1 is 1.00 bits per heavy atom. The summed E-state index contributed by atoms with van der Waals surface area (Å²) in [6.07, 6.45) is 5.70. The molecule has 1 aromatic rings. The van der Waals surface area contributed by atoms with Gasteiger partial charge in [0.05, 0.1) is 25.1 Å². The highest BCUT2D eigenvalue weighted by atomic mass is 16.6. The van der Waals surface area contributed by atoms with Crippen LogP contribution in [-0.2, 0) is 38.1 Å². The van der Waals surface area contributed by atoms with Crippen molar-refractivity contribution in [2.24, 2.45) is 28.1 Å². The second-order valence-electron chi connectivity index (χ2n) is 14.2. The van der Waals surface area contributed by atoms with Gasteiger partial charge in [-0.25, -0.2) is 4.79 Å². The molecule has 0 bridgehead atoms. The average Bonchev–Trinajstić information content (AvgIpc) is 3.60. The highest BCUT2D eigenvalue weighted by Crippen LogP contribution is 2.73. The normalized spacial score (nSPS) is 41.0. The third-order valence-electron chi connectivity index (χ3n) is 11.9. The highest BCUT2D eigenvalue weighted by molar-refractivity contribution is 5.87. The molecule has 45 heavy (non-hydrogen) atoms. The minimum atomic E-state index is -1.35. The minimum absolute atomic E-state index is 0.0612. The molecular formula is C35H46O10. The van der Waals surface area contributed by atoms with Crippen molar-refractivity contribution in [3.8, 4) is 0 Å². The minimum Gasteiger partial charge on any atom is -0.472 e. The number of carbonyl (C=O) groups is 4. The lowest BCUT2D eigenvalue weighted by atomic mass is 9.39. The van der Waals surface area contributed by atoms with Crippen LogP contribution in [0.1, 0.15) is 92.6 Å². The summed E-state index contributed by atoms with van der Waals surface area (Å²) < 4.78 is 29.4. The van der Waals surface area contributed by atoms with Crippen molar-refractivity contribution in [1.82, 2.24) is 0 Å². The fraction of sp³-hybridized carbons (Fsp3) is 0.657. The Kier molecular flexibility index (Phi) is 8.38. The van der Waals surface area contributed by atoms with Crippen LogP contribution >= 0.6 is 0 Å². The number of furan rings is 1. The van der Waals surface area contributed by atoms with Gasteiger partial charge in [0.25, 0.3) is 0 Å². The molecule has 2 heterocycles. The fourth-order valence-corrected chi connectivity index (χ4v) is 9.62. The molecule has 0 aromatic carbocycles. The van der Waals surface area contributed by atoms with Crippen LogP contribution in [0.3, 0.4) is 0 Å². The number of hydrogen-bond donors (Lipinski definition) is 1. The first-order valence-corrected chi connectivity index (χ1v) is 15.8. The van der Waals surface area contributed by atoms with Crippen molar-refractivity contribution in [3.63, 3.8) is 0 Å². The summed E-state index contributed by atoms with van der Waals surface area (Å²) in [4.78, 5) is 51.4. The summed E-state index contributed by atoms with van der Waals surface area (Å²) >= 11 is 0. The summed E-state index contributed by atoms with van der Waals surface area (Å²) in [5, 5.41) is 12.3. The van der Waals surface area contributed by atoms with Crippen LogP contribution in [0.4, 0.5) is 0 Å². The average molecular weight is 627 g/mol. The predicted octanol–water partition coefficient (Wildman–Crippen LogP) is 5.19. The Labute approximate surface area is 264 Å². The van der Waals surface area contributed by atoms with Gasteiger partial charge in [-0.1, -0.05) is 38.5 Å². The molecule has 1 N–H and O–H groups in total. The Morgan fingerprint density at radius 3 is 2.27 bits per heavy atom. The lowest BCUT2D eigenvalue weighted by Crippen LogP contribution is -2.69. The van der Waals surface area contributed by atoms with Crippen LogP contribution in [0.5, 0.6) is 0 Å². The van der Waals surface area contributed by atoms with Crippen LogP contribution in [0, 0.1) is 28.1 Å². The standard InChI is InChI=1S/C35H46O10/c1-9-19(2)31(40)42-18-32(5)25-14-27(38)34(7)24-11-10-23(22-12-13-41-17-22)33(24,6)28(43-20(3)36)15-26(34)35(25,8)29(44-21(4)37)16-30(39)45-32/h9,11-13,17,23,25-29,38H,10,14-16,18H2,1-8H3/b19-9+/t23-,25-,26?,27+,28-,29-,32+,33-,34-,35-/m0/s1. The summed E-state index contributed by atoms with van der Waals surface area (Å²) in [5.41, 5.74) is -1.47. The van der Waals surface area contributed by atoms with E-state index in [9.17, 15) is 24.3 Å². The smallest absolute Gasteiger partial charge is 0.333 e. The maximum Gasteiger partial charge on any atom is 0.333 e. The molecule has 10 nitrogen and oxygen atoms in total. The van der Waals surface area contributed by atoms with Gasteiger partial charge in [0.1, 0.15) is 24.4 Å². The van der Waals surface area contributed by atoms with Gasteiger partial charge in [0, 0.05) is 47.5 Å². The molecule has 2 saturated carbocycles. The highest BCUT2D eigenvalue weighted by Gasteiger charge is 2.73. The van der Waals surface area contributed by atoms with Gasteiger partial charge in [-0.3, -0.25) is 14.4 Å².